The third-order valence-electron chi connectivity index (χ3n) is 6.16. The Hall–Kier alpha value is -3.72. The van der Waals surface area contributed by atoms with Crippen molar-refractivity contribution >= 4 is 17.8 Å². The fourth-order valence-corrected chi connectivity index (χ4v) is 4.14. The molecule has 186 valence electrons. The number of nitrogens with zero attached hydrogens (tertiary/aromatic N) is 2. The Bertz CT molecular complexity index is 1110. The highest BCUT2D eigenvalue weighted by molar-refractivity contribution is 6.14. The summed E-state index contributed by atoms with van der Waals surface area (Å²) in [6.45, 7) is 6.19. The van der Waals surface area contributed by atoms with Gasteiger partial charge in [-0.3, -0.25) is 9.59 Å². The number of allylic oxidation sites excluding steroid dienone is 1. The molecule has 2 aliphatic rings. The number of hydrogen-bond donors (Lipinski definition) is 0. The van der Waals surface area contributed by atoms with Gasteiger partial charge in [-0.2, -0.15) is 0 Å². The number of hydrogen-bond acceptors (Lipinski definition) is 8. The van der Waals surface area contributed by atoms with E-state index in [9.17, 15) is 9.59 Å². The minimum absolute atomic E-state index is 0.0544. The standard InChI is InChI=1S/C26H30N2O7/c1-5-27-8-10-28(11-9-27)24(29)16-34-18-6-7-19-20(15-18)35-21(25(19)30)12-17-13-22(31-2)26(33-4)23(14-17)32-3/h6-7,12-15H,5,8-11,16H2,1-4H3. The van der Waals surface area contributed by atoms with Crippen LogP contribution >= 0.6 is 0 Å². The highest BCUT2D eigenvalue weighted by atomic mass is 16.5. The summed E-state index contributed by atoms with van der Waals surface area (Å²) in [5.74, 6) is 2.11. The molecule has 9 nitrogen and oxygen atoms in total. The summed E-state index contributed by atoms with van der Waals surface area (Å²) < 4.78 is 27.6. The van der Waals surface area contributed by atoms with E-state index in [0.29, 0.717) is 53.0 Å². The SMILES string of the molecule is CCN1CCN(C(=O)COc2ccc3c(c2)OC(=Cc2cc(OC)c(OC)c(OC)c2)C3=O)CC1. The summed E-state index contributed by atoms with van der Waals surface area (Å²) in [5, 5.41) is 0. The highest BCUT2D eigenvalue weighted by Crippen LogP contribution is 2.40. The average Bonchev–Trinajstić information content (AvgIpc) is 3.20. The molecular weight excluding hydrogens is 452 g/mol. The largest absolute Gasteiger partial charge is 0.493 e. The second-order valence-corrected chi connectivity index (χ2v) is 8.16. The van der Waals surface area contributed by atoms with Gasteiger partial charge in [-0.1, -0.05) is 6.92 Å². The van der Waals surface area contributed by atoms with Gasteiger partial charge in [-0.05, 0) is 42.4 Å². The summed E-state index contributed by atoms with van der Waals surface area (Å²) in [5.41, 5.74) is 1.08. The van der Waals surface area contributed by atoms with Gasteiger partial charge >= 0.3 is 0 Å². The number of carbonyl (C=O) groups is 2. The van der Waals surface area contributed by atoms with Gasteiger partial charge in [0.15, 0.2) is 23.9 Å². The molecule has 1 saturated heterocycles. The second kappa shape index (κ2) is 10.7. The zero-order chi connectivity index (χ0) is 24.9. The van der Waals surface area contributed by atoms with Gasteiger partial charge in [-0.15, -0.1) is 0 Å². The number of rotatable bonds is 8. The van der Waals surface area contributed by atoms with Crippen molar-refractivity contribution in [2.45, 2.75) is 6.92 Å². The van der Waals surface area contributed by atoms with Crippen LogP contribution in [0.15, 0.2) is 36.1 Å². The van der Waals surface area contributed by atoms with Crippen LogP contribution in [-0.2, 0) is 4.79 Å². The van der Waals surface area contributed by atoms with Gasteiger partial charge in [0.25, 0.3) is 5.91 Å². The first-order valence-electron chi connectivity index (χ1n) is 11.5. The van der Waals surface area contributed by atoms with Crippen LogP contribution in [-0.4, -0.2) is 82.2 Å². The Labute approximate surface area is 204 Å². The van der Waals surface area contributed by atoms with Gasteiger partial charge < -0.3 is 33.5 Å². The van der Waals surface area contributed by atoms with E-state index in [1.54, 1.807) is 36.4 Å². The Morgan fingerprint density at radius 1 is 1.00 bits per heavy atom. The molecule has 4 rings (SSSR count). The second-order valence-electron chi connectivity index (χ2n) is 8.16. The first-order chi connectivity index (χ1) is 17.0. The molecule has 1 fully saturated rings. The number of likely N-dealkylation sites (N-methyl/N-ethyl adjacent to an activating group) is 1. The zero-order valence-electron chi connectivity index (χ0n) is 20.5. The van der Waals surface area contributed by atoms with Crippen molar-refractivity contribution in [2.24, 2.45) is 0 Å². The minimum Gasteiger partial charge on any atom is -0.493 e. The minimum atomic E-state index is -0.245. The van der Waals surface area contributed by atoms with Crippen LogP contribution in [0.4, 0.5) is 0 Å². The zero-order valence-corrected chi connectivity index (χ0v) is 20.5. The fraction of sp³-hybridized carbons (Fsp3) is 0.385. The number of amides is 1. The van der Waals surface area contributed by atoms with Gasteiger partial charge in [0.05, 0.1) is 26.9 Å². The van der Waals surface area contributed by atoms with E-state index in [0.717, 1.165) is 19.6 Å². The third-order valence-corrected chi connectivity index (χ3v) is 6.16. The van der Waals surface area contributed by atoms with Crippen molar-refractivity contribution in [1.82, 2.24) is 9.80 Å². The summed E-state index contributed by atoms with van der Waals surface area (Å²) in [7, 11) is 4.58. The van der Waals surface area contributed by atoms with Crippen LogP contribution in [0.3, 0.4) is 0 Å². The molecule has 0 radical (unpaired) electrons. The summed E-state index contributed by atoms with van der Waals surface area (Å²) in [6.07, 6.45) is 1.62. The Kier molecular flexibility index (Phi) is 7.45. The molecule has 0 saturated carbocycles. The summed E-state index contributed by atoms with van der Waals surface area (Å²) in [4.78, 5) is 29.5. The normalized spacial score (nSPS) is 16.6. The lowest BCUT2D eigenvalue weighted by Gasteiger charge is -2.33. The summed E-state index contributed by atoms with van der Waals surface area (Å²) in [6, 6.07) is 8.41. The van der Waals surface area contributed by atoms with Crippen molar-refractivity contribution in [3.63, 3.8) is 0 Å². The first kappa shape index (κ1) is 24.4. The van der Waals surface area contributed by atoms with Gasteiger partial charge in [0.2, 0.25) is 11.5 Å². The molecule has 9 heteroatoms. The molecule has 0 N–H and O–H groups in total. The van der Waals surface area contributed by atoms with Gasteiger partial charge in [0, 0.05) is 32.2 Å². The Morgan fingerprint density at radius 3 is 2.29 bits per heavy atom. The van der Waals surface area contributed by atoms with E-state index in [1.165, 1.54) is 21.3 Å². The molecule has 0 unspecified atom stereocenters. The maximum atomic E-state index is 12.9. The molecule has 0 bridgehead atoms. The van der Waals surface area contributed by atoms with Crippen molar-refractivity contribution in [3.05, 3.63) is 47.2 Å². The molecule has 2 aromatic carbocycles. The van der Waals surface area contributed by atoms with Crippen LogP contribution < -0.4 is 23.7 Å². The van der Waals surface area contributed by atoms with E-state index < -0.39 is 0 Å². The molecule has 1 amide bonds. The van der Waals surface area contributed by atoms with Crippen molar-refractivity contribution in [1.29, 1.82) is 0 Å². The number of fused-ring (bicyclic) bond motifs is 1. The van der Waals surface area contributed by atoms with E-state index in [1.807, 2.05) is 4.90 Å². The maximum Gasteiger partial charge on any atom is 0.260 e. The molecule has 0 atom stereocenters. The number of ketones is 1. The lowest BCUT2D eigenvalue weighted by Crippen LogP contribution is -2.49. The molecule has 2 heterocycles. The molecule has 0 aromatic heterocycles. The molecular formula is C26H30N2O7. The van der Waals surface area contributed by atoms with Crippen LogP contribution in [0.25, 0.3) is 6.08 Å². The molecule has 35 heavy (non-hydrogen) atoms. The lowest BCUT2D eigenvalue weighted by atomic mass is 10.1. The Morgan fingerprint density at radius 2 is 1.69 bits per heavy atom. The predicted octanol–water partition coefficient (Wildman–Crippen LogP) is 2.87. The number of carbonyl (C=O) groups excluding carboxylic acids is 2. The number of piperazine rings is 1. The van der Waals surface area contributed by atoms with E-state index in [-0.39, 0.29) is 24.1 Å². The molecule has 2 aromatic rings. The van der Waals surface area contributed by atoms with E-state index in [2.05, 4.69) is 11.8 Å². The predicted molar refractivity (Wildman–Crippen MR) is 130 cm³/mol. The molecule has 0 spiro atoms. The van der Waals surface area contributed by atoms with Crippen LogP contribution in [0, 0.1) is 0 Å². The highest BCUT2D eigenvalue weighted by Gasteiger charge is 2.28. The van der Waals surface area contributed by atoms with Crippen LogP contribution in [0.1, 0.15) is 22.8 Å². The maximum absolute atomic E-state index is 12.9. The van der Waals surface area contributed by atoms with Crippen LogP contribution in [0.2, 0.25) is 0 Å². The van der Waals surface area contributed by atoms with Crippen molar-refractivity contribution in [2.75, 3.05) is 60.7 Å². The lowest BCUT2D eigenvalue weighted by molar-refractivity contribution is -0.135. The average molecular weight is 483 g/mol. The Balaban J connectivity index is 1.44. The monoisotopic (exact) mass is 482 g/mol. The topological polar surface area (TPSA) is 86.8 Å². The number of methoxy groups -OCH3 is 3. The fourth-order valence-electron chi connectivity index (χ4n) is 4.14. The van der Waals surface area contributed by atoms with Gasteiger partial charge in [-0.25, -0.2) is 0 Å². The van der Waals surface area contributed by atoms with E-state index >= 15 is 0 Å². The number of ether oxygens (including phenoxy) is 5. The quantitative estimate of drug-likeness (QED) is 0.531. The van der Waals surface area contributed by atoms with Crippen molar-refractivity contribution < 1.29 is 33.3 Å². The van der Waals surface area contributed by atoms with Gasteiger partial charge in [0.1, 0.15) is 11.5 Å². The third kappa shape index (κ3) is 5.19. The molecule has 2 aliphatic heterocycles. The van der Waals surface area contributed by atoms with Crippen LogP contribution in [0.5, 0.6) is 28.7 Å². The number of Topliss-reactive ketones (excluding diaryl/α,β-unsaturated/α-hetero) is 1. The number of benzene rings is 2. The van der Waals surface area contributed by atoms with Crippen molar-refractivity contribution in [3.8, 4) is 28.7 Å². The smallest absolute Gasteiger partial charge is 0.260 e. The molecule has 0 aliphatic carbocycles. The first-order valence-corrected chi connectivity index (χ1v) is 11.5. The summed E-state index contributed by atoms with van der Waals surface area (Å²) >= 11 is 0. The van der Waals surface area contributed by atoms with E-state index in [4.69, 9.17) is 23.7 Å².